The summed E-state index contributed by atoms with van der Waals surface area (Å²) in [5.74, 6) is 1.57. The Bertz CT molecular complexity index is 813. The molecule has 0 aliphatic carbocycles. The van der Waals surface area contributed by atoms with Gasteiger partial charge in [0.15, 0.2) is 0 Å². The molecule has 4 rings (SSSR count). The molecule has 0 saturated carbocycles. The van der Waals surface area contributed by atoms with E-state index in [0.29, 0.717) is 5.89 Å². The molecule has 1 aromatic carbocycles. The van der Waals surface area contributed by atoms with Crippen LogP contribution >= 0.6 is 0 Å². The van der Waals surface area contributed by atoms with E-state index in [2.05, 4.69) is 51.0 Å². The van der Waals surface area contributed by atoms with Crippen LogP contribution in [0.3, 0.4) is 0 Å². The Hall–Kier alpha value is -2.69. The minimum atomic E-state index is 0.587. The molecule has 0 amide bonds. The van der Waals surface area contributed by atoms with Gasteiger partial charge in [0.1, 0.15) is 23.5 Å². The summed E-state index contributed by atoms with van der Waals surface area (Å²) in [6.45, 7) is 3.90. The molecule has 0 saturated heterocycles. The third-order valence-corrected chi connectivity index (χ3v) is 4.12. The topological polar surface area (TPSA) is 55.1 Å². The van der Waals surface area contributed by atoms with Crippen molar-refractivity contribution in [3.63, 3.8) is 0 Å². The Balaban J connectivity index is 1.65. The summed E-state index contributed by atoms with van der Waals surface area (Å²) in [7, 11) is 0. The molecule has 0 bridgehead atoms. The molecule has 2 aromatic heterocycles. The van der Waals surface area contributed by atoms with E-state index in [0.717, 1.165) is 43.1 Å². The molecule has 5 heteroatoms. The number of aromatic nitrogens is 3. The first kappa shape index (κ1) is 13.9. The minimum absolute atomic E-state index is 0.587. The quantitative estimate of drug-likeness (QED) is 0.726. The SMILES string of the molecule is Cc1cccc(N2CCCc3oc(-c4ccncn4)nc3C2)c1. The van der Waals surface area contributed by atoms with Gasteiger partial charge in [0.25, 0.3) is 0 Å². The highest BCUT2D eigenvalue weighted by Gasteiger charge is 2.21. The molecule has 0 radical (unpaired) electrons. The summed E-state index contributed by atoms with van der Waals surface area (Å²) >= 11 is 0. The van der Waals surface area contributed by atoms with Gasteiger partial charge in [0.2, 0.25) is 5.89 Å². The molecule has 23 heavy (non-hydrogen) atoms. The normalized spacial score (nSPS) is 14.4. The summed E-state index contributed by atoms with van der Waals surface area (Å²) in [5.41, 5.74) is 4.26. The molecule has 0 unspecified atom stereocenters. The second-order valence-corrected chi connectivity index (χ2v) is 5.85. The van der Waals surface area contributed by atoms with Crippen molar-refractivity contribution < 1.29 is 4.42 Å². The molecule has 0 fully saturated rings. The molecular formula is C18H18N4O. The van der Waals surface area contributed by atoms with Crippen molar-refractivity contribution in [2.45, 2.75) is 26.3 Å². The van der Waals surface area contributed by atoms with E-state index in [9.17, 15) is 0 Å². The fraction of sp³-hybridized carbons (Fsp3) is 0.278. The molecule has 3 aromatic rings. The molecular weight excluding hydrogens is 288 g/mol. The average molecular weight is 306 g/mol. The number of fused-ring (bicyclic) bond motifs is 1. The maximum Gasteiger partial charge on any atom is 0.245 e. The van der Waals surface area contributed by atoms with E-state index < -0.39 is 0 Å². The first-order valence-corrected chi connectivity index (χ1v) is 7.86. The van der Waals surface area contributed by atoms with E-state index in [4.69, 9.17) is 4.42 Å². The fourth-order valence-corrected chi connectivity index (χ4v) is 2.96. The third-order valence-electron chi connectivity index (χ3n) is 4.12. The maximum atomic E-state index is 5.95. The van der Waals surface area contributed by atoms with E-state index in [1.54, 1.807) is 6.20 Å². The van der Waals surface area contributed by atoms with Crippen LogP contribution in [0.4, 0.5) is 5.69 Å². The summed E-state index contributed by atoms with van der Waals surface area (Å²) < 4.78 is 5.95. The molecule has 1 aliphatic rings. The minimum Gasteiger partial charge on any atom is -0.440 e. The molecule has 116 valence electrons. The second kappa shape index (κ2) is 5.83. The zero-order valence-corrected chi connectivity index (χ0v) is 13.1. The molecule has 0 spiro atoms. The van der Waals surface area contributed by atoms with Crippen LogP contribution < -0.4 is 4.90 Å². The van der Waals surface area contributed by atoms with Crippen LogP contribution in [0.25, 0.3) is 11.6 Å². The monoisotopic (exact) mass is 306 g/mol. The lowest BCUT2D eigenvalue weighted by atomic mass is 10.2. The van der Waals surface area contributed by atoms with Crippen LogP contribution in [0.5, 0.6) is 0 Å². The summed E-state index contributed by atoms with van der Waals surface area (Å²) in [4.78, 5) is 15.2. The van der Waals surface area contributed by atoms with Crippen molar-refractivity contribution in [2.75, 3.05) is 11.4 Å². The Morgan fingerprint density at radius 1 is 1.22 bits per heavy atom. The number of oxazole rings is 1. The van der Waals surface area contributed by atoms with Gasteiger partial charge in [-0.05, 0) is 37.1 Å². The molecule has 3 heterocycles. The van der Waals surface area contributed by atoms with E-state index >= 15 is 0 Å². The number of aryl methyl sites for hydroxylation is 2. The number of rotatable bonds is 2. The largest absolute Gasteiger partial charge is 0.440 e. The molecule has 0 N–H and O–H groups in total. The highest BCUT2D eigenvalue weighted by molar-refractivity contribution is 5.51. The van der Waals surface area contributed by atoms with Crippen molar-refractivity contribution in [1.82, 2.24) is 15.0 Å². The van der Waals surface area contributed by atoms with Gasteiger partial charge in [-0.1, -0.05) is 12.1 Å². The van der Waals surface area contributed by atoms with E-state index in [1.807, 2.05) is 6.07 Å². The first-order valence-electron chi connectivity index (χ1n) is 7.86. The lowest BCUT2D eigenvalue weighted by Gasteiger charge is -2.22. The number of benzene rings is 1. The van der Waals surface area contributed by atoms with Crippen LogP contribution in [-0.2, 0) is 13.0 Å². The zero-order valence-electron chi connectivity index (χ0n) is 13.1. The predicted molar refractivity (Wildman–Crippen MR) is 88.1 cm³/mol. The van der Waals surface area contributed by atoms with Crippen molar-refractivity contribution in [3.8, 4) is 11.6 Å². The van der Waals surface area contributed by atoms with Gasteiger partial charge in [-0.25, -0.2) is 15.0 Å². The van der Waals surface area contributed by atoms with Gasteiger partial charge >= 0.3 is 0 Å². The van der Waals surface area contributed by atoms with E-state index in [1.165, 1.54) is 17.6 Å². The number of nitrogens with zero attached hydrogens (tertiary/aromatic N) is 4. The van der Waals surface area contributed by atoms with Crippen LogP contribution in [0.15, 0.2) is 47.3 Å². The predicted octanol–water partition coefficient (Wildman–Crippen LogP) is 3.39. The zero-order chi connectivity index (χ0) is 15.6. The third kappa shape index (κ3) is 2.82. The number of hydrogen-bond donors (Lipinski definition) is 0. The van der Waals surface area contributed by atoms with Gasteiger partial charge in [-0.3, -0.25) is 0 Å². The van der Waals surface area contributed by atoms with Crippen molar-refractivity contribution in [1.29, 1.82) is 0 Å². The summed E-state index contributed by atoms with van der Waals surface area (Å²) in [5, 5.41) is 0. The Labute approximate surface area is 135 Å². The lowest BCUT2D eigenvalue weighted by Crippen LogP contribution is -2.22. The average Bonchev–Trinajstić information content (AvgIpc) is 2.87. The fourth-order valence-electron chi connectivity index (χ4n) is 2.96. The Morgan fingerprint density at radius 2 is 2.17 bits per heavy atom. The standard InChI is InChI=1S/C18H18N4O/c1-13-4-2-5-14(10-13)22-9-3-6-17-16(11-22)21-18(23-17)15-7-8-19-12-20-15/h2,4-5,7-8,10,12H,3,6,9,11H2,1H3. The Morgan fingerprint density at radius 3 is 3.00 bits per heavy atom. The van der Waals surface area contributed by atoms with Gasteiger partial charge in [0.05, 0.1) is 6.54 Å². The molecule has 0 atom stereocenters. The first-order chi connectivity index (χ1) is 11.3. The summed E-state index contributed by atoms with van der Waals surface area (Å²) in [6.07, 6.45) is 5.19. The molecule has 1 aliphatic heterocycles. The van der Waals surface area contributed by atoms with Crippen LogP contribution in [0.1, 0.15) is 23.4 Å². The van der Waals surface area contributed by atoms with Crippen LogP contribution in [-0.4, -0.2) is 21.5 Å². The van der Waals surface area contributed by atoms with E-state index in [-0.39, 0.29) is 0 Å². The number of hydrogen-bond acceptors (Lipinski definition) is 5. The van der Waals surface area contributed by atoms with Crippen molar-refractivity contribution in [2.24, 2.45) is 0 Å². The van der Waals surface area contributed by atoms with Gasteiger partial charge in [-0.2, -0.15) is 0 Å². The smallest absolute Gasteiger partial charge is 0.245 e. The lowest BCUT2D eigenvalue weighted by molar-refractivity contribution is 0.511. The van der Waals surface area contributed by atoms with Crippen molar-refractivity contribution >= 4 is 5.69 Å². The Kier molecular flexibility index (Phi) is 3.54. The van der Waals surface area contributed by atoms with Gasteiger partial charge < -0.3 is 9.32 Å². The maximum absolute atomic E-state index is 5.95. The van der Waals surface area contributed by atoms with Gasteiger partial charge in [-0.15, -0.1) is 0 Å². The van der Waals surface area contributed by atoms with Crippen molar-refractivity contribution in [3.05, 3.63) is 59.9 Å². The van der Waals surface area contributed by atoms with Gasteiger partial charge in [0, 0.05) is 24.8 Å². The van der Waals surface area contributed by atoms with Crippen LogP contribution in [0.2, 0.25) is 0 Å². The highest BCUT2D eigenvalue weighted by Crippen LogP contribution is 2.27. The number of anilines is 1. The summed E-state index contributed by atoms with van der Waals surface area (Å²) in [6, 6.07) is 10.4. The second-order valence-electron chi connectivity index (χ2n) is 5.85. The highest BCUT2D eigenvalue weighted by atomic mass is 16.4. The molecule has 5 nitrogen and oxygen atoms in total. The van der Waals surface area contributed by atoms with Crippen LogP contribution in [0, 0.1) is 6.92 Å².